The highest BCUT2D eigenvalue weighted by Crippen LogP contribution is 2.38. The summed E-state index contributed by atoms with van der Waals surface area (Å²) in [5, 5.41) is 10.3. The first-order valence-electron chi connectivity index (χ1n) is 8.69. The van der Waals surface area contributed by atoms with Gasteiger partial charge in [-0.05, 0) is 61.7 Å². The second-order valence-electron chi connectivity index (χ2n) is 6.16. The minimum atomic E-state index is 0.657. The van der Waals surface area contributed by atoms with E-state index in [4.69, 9.17) is 15.2 Å². The van der Waals surface area contributed by atoms with Gasteiger partial charge in [-0.25, -0.2) is 0 Å². The molecule has 134 valence electrons. The number of H-pyrrole nitrogens is 1. The van der Waals surface area contributed by atoms with Gasteiger partial charge in [-0.1, -0.05) is 0 Å². The van der Waals surface area contributed by atoms with Gasteiger partial charge in [0.15, 0.2) is 0 Å². The Balaban J connectivity index is 2.18. The molecule has 26 heavy (non-hydrogen) atoms. The molecule has 0 atom stereocenters. The lowest BCUT2D eigenvalue weighted by Crippen LogP contribution is -1.99. The molecule has 0 saturated heterocycles. The number of rotatable bonds is 7. The van der Waals surface area contributed by atoms with Crippen LogP contribution in [0.3, 0.4) is 0 Å². The smallest absolute Gasteiger partial charge is 0.131 e. The van der Waals surface area contributed by atoms with Gasteiger partial charge < -0.3 is 20.2 Å². The molecule has 0 aliphatic heterocycles. The lowest BCUT2D eigenvalue weighted by atomic mass is 9.99. The van der Waals surface area contributed by atoms with Gasteiger partial charge in [0.1, 0.15) is 11.5 Å². The minimum absolute atomic E-state index is 0.657. The van der Waals surface area contributed by atoms with Gasteiger partial charge in [0.05, 0.1) is 31.5 Å². The second-order valence-corrected chi connectivity index (χ2v) is 6.16. The summed E-state index contributed by atoms with van der Waals surface area (Å²) >= 11 is 0. The minimum Gasteiger partial charge on any atom is -0.497 e. The monoisotopic (exact) mass is 349 g/mol. The van der Waals surface area contributed by atoms with E-state index in [2.05, 4.69) is 11.1 Å². The number of nitrogens with zero attached hydrogens (tertiary/aromatic N) is 1. The zero-order valence-corrected chi connectivity index (χ0v) is 15.1. The molecule has 3 aromatic rings. The van der Waals surface area contributed by atoms with Gasteiger partial charge in [-0.15, -0.1) is 0 Å². The highest BCUT2D eigenvalue weighted by atomic mass is 16.5. The number of nitriles is 1. The Hall–Kier alpha value is -2.97. The van der Waals surface area contributed by atoms with Crippen molar-refractivity contribution in [3.05, 3.63) is 47.5 Å². The van der Waals surface area contributed by atoms with E-state index < -0.39 is 0 Å². The number of hydrogen-bond acceptors (Lipinski definition) is 4. The molecule has 0 spiro atoms. The van der Waals surface area contributed by atoms with Crippen molar-refractivity contribution in [3.63, 3.8) is 0 Å². The molecule has 2 aromatic carbocycles. The number of benzene rings is 2. The molecule has 0 aliphatic rings. The summed E-state index contributed by atoms with van der Waals surface area (Å²) in [5.41, 5.74) is 10.5. The van der Waals surface area contributed by atoms with E-state index >= 15 is 0 Å². The number of nitrogens with one attached hydrogen (secondary N) is 1. The molecule has 0 bridgehead atoms. The molecular formula is C21H23N3O2. The second kappa shape index (κ2) is 7.94. The Morgan fingerprint density at radius 1 is 1.08 bits per heavy atom. The molecule has 0 fully saturated rings. The maximum absolute atomic E-state index is 9.26. The predicted molar refractivity (Wildman–Crippen MR) is 104 cm³/mol. The maximum Gasteiger partial charge on any atom is 0.131 e. The fourth-order valence-corrected chi connectivity index (χ4v) is 3.26. The molecule has 0 radical (unpaired) electrons. The molecule has 1 heterocycles. The fraction of sp³-hybridized carbons (Fsp3) is 0.286. The number of nitrogens with two attached hydrogens (primary N) is 1. The summed E-state index contributed by atoms with van der Waals surface area (Å²) in [6, 6.07) is 13.8. The van der Waals surface area contributed by atoms with Crippen LogP contribution in [0.15, 0.2) is 36.4 Å². The summed E-state index contributed by atoms with van der Waals surface area (Å²) in [6.07, 6.45) is 2.84. The molecule has 3 rings (SSSR count). The van der Waals surface area contributed by atoms with Crippen molar-refractivity contribution in [2.75, 3.05) is 20.8 Å². The molecule has 0 saturated carbocycles. The molecule has 5 heteroatoms. The number of hydrogen-bond donors (Lipinski definition) is 2. The first-order chi connectivity index (χ1) is 12.7. The highest BCUT2D eigenvalue weighted by molar-refractivity contribution is 5.92. The van der Waals surface area contributed by atoms with Gasteiger partial charge in [-0.2, -0.15) is 5.26 Å². The molecule has 0 aliphatic carbocycles. The van der Waals surface area contributed by atoms with Crippen LogP contribution in [0.1, 0.15) is 24.0 Å². The van der Waals surface area contributed by atoms with Crippen LogP contribution in [0.2, 0.25) is 0 Å². The Morgan fingerprint density at radius 3 is 2.62 bits per heavy atom. The average molecular weight is 349 g/mol. The number of unbranched alkanes of at least 4 members (excludes halogenated alkanes) is 1. The zero-order valence-electron chi connectivity index (χ0n) is 15.1. The molecule has 3 N–H and O–H groups in total. The van der Waals surface area contributed by atoms with Crippen molar-refractivity contribution in [1.82, 2.24) is 4.98 Å². The van der Waals surface area contributed by atoms with Crippen LogP contribution < -0.4 is 15.2 Å². The Labute approximate surface area is 153 Å². The van der Waals surface area contributed by atoms with Crippen molar-refractivity contribution in [2.45, 2.75) is 19.3 Å². The van der Waals surface area contributed by atoms with Gasteiger partial charge in [0.25, 0.3) is 0 Å². The van der Waals surface area contributed by atoms with Crippen LogP contribution in [0.5, 0.6) is 11.5 Å². The predicted octanol–water partition coefficient (Wildman–Crippen LogP) is 4.01. The normalized spacial score (nSPS) is 10.7. The Bertz CT molecular complexity index is 954. The van der Waals surface area contributed by atoms with Crippen molar-refractivity contribution < 1.29 is 9.47 Å². The Kier molecular flexibility index (Phi) is 5.45. The quantitative estimate of drug-likeness (QED) is 0.631. The summed E-state index contributed by atoms with van der Waals surface area (Å²) in [4.78, 5) is 3.51. The maximum atomic E-state index is 9.26. The average Bonchev–Trinajstić information content (AvgIpc) is 3.05. The molecular weight excluding hydrogens is 326 g/mol. The molecule has 5 nitrogen and oxygen atoms in total. The van der Waals surface area contributed by atoms with Crippen LogP contribution >= 0.6 is 0 Å². The van der Waals surface area contributed by atoms with E-state index in [1.165, 1.54) is 5.56 Å². The number of aromatic nitrogens is 1. The topological polar surface area (TPSA) is 84.1 Å². The summed E-state index contributed by atoms with van der Waals surface area (Å²) in [5.74, 6) is 1.50. The highest BCUT2D eigenvalue weighted by Gasteiger charge is 2.17. The van der Waals surface area contributed by atoms with Crippen molar-refractivity contribution >= 4 is 10.9 Å². The van der Waals surface area contributed by atoms with Crippen molar-refractivity contribution in [1.29, 1.82) is 5.26 Å². The van der Waals surface area contributed by atoms with E-state index in [0.29, 0.717) is 12.1 Å². The largest absolute Gasteiger partial charge is 0.497 e. The third-order valence-corrected chi connectivity index (χ3v) is 4.59. The standard InChI is InChI=1S/C21H23N3O2/c1-25-15-7-8-17(20(12-15)26-2)21-16(5-3-4-10-22)18-11-14(13-23)6-9-19(18)24-21/h6-9,11-12,24H,3-5,10,22H2,1-2H3. The number of aryl methyl sites for hydroxylation is 1. The molecule has 0 unspecified atom stereocenters. The lowest BCUT2D eigenvalue weighted by Gasteiger charge is -2.11. The zero-order chi connectivity index (χ0) is 18.5. The number of aromatic amines is 1. The van der Waals surface area contributed by atoms with Crippen LogP contribution in [-0.2, 0) is 6.42 Å². The molecule has 1 aromatic heterocycles. The Morgan fingerprint density at radius 2 is 1.92 bits per heavy atom. The first-order valence-corrected chi connectivity index (χ1v) is 8.69. The van der Waals surface area contributed by atoms with Crippen LogP contribution in [0.25, 0.3) is 22.2 Å². The summed E-state index contributed by atoms with van der Waals surface area (Å²) in [6.45, 7) is 0.674. The number of ether oxygens (including phenoxy) is 2. The van der Waals surface area contributed by atoms with Gasteiger partial charge in [-0.3, -0.25) is 0 Å². The summed E-state index contributed by atoms with van der Waals surface area (Å²) < 4.78 is 10.9. The first kappa shape index (κ1) is 17.8. The SMILES string of the molecule is COc1ccc(-c2[nH]c3ccc(C#N)cc3c2CCCCN)c(OC)c1. The lowest BCUT2D eigenvalue weighted by molar-refractivity contribution is 0.395. The van der Waals surface area contributed by atoms with E-state index in [9.17, 15) is 5.26 Å². The van der Waals surface area contributed by atoms with Crippen molar-refractivity contribution in [2.24, 2.45) is 5.73 Å². The van der Waals surface area contributed by atoms with Crippen LogP contribution in [0, 0.1) is 11.3 Å². The van der Waals surface area contributed by atoms with E-state index in [-0.39, 0.29) is 0 Å². The third kappa shape index (κ3) is 3.37. The van der Waals surface area contributed by atoms with E-state index in [0.717, 1.165) is 52.9 Å². The van der Waals surface area contributed by atoms with E-state index in [1.54, 1.807) is 14.2 Å². The number of fused-ring (bicyclic) bond motifs is 1. The third-order valence-electron chi connectivity index (χ3n) is 4.59. The molecule has 0 amide bonds. The van der Waals surface area contributed by atoms with Gasteiger partial charge in [0.2, 0.25) is 0 Å². The van der Waals surface area contributed by atoms with E-state index in [1.807, 2.05) is 36.4 Å². The fourth-order valence-electron chi connectivity index (χ4n) is 3.26. The van der Waals surface area contributed by atoms with Gasteiger partial charge in [0, 0.05) is 22.5 Å². The van der Waals surface area contributed by atoms with Gasteiger partial charge >= 0.3 is 0 Å². The number of methoxy groups -OCH3 is 2. The summed E-state index contributed by atoms with van der Waals surface area (Å²) in [7, 11) is 3.29. The van der Waals surface area contributed by atoms with Crippen LogP contribution in [-0.4, -0.2) is 25.7 Å². The van der Waals surface area contributed by atoms with Crippen molar-refractivity contribution in [3.8, 4) is 28.8 Å². The van der Waals surface area contributed by atoms with Crippen LogP contribution in [0.4, 0.5) is 0 Å².